The van der Waals surface area contributed by atoms with Gasteiger partial charge in [-0.15, -0.1) is 0 Å². The highest BCUT2D eigenvalue weighted by molar-refractivity contribution is 6.10. The highest BCUT2D eigenvalue weighted by Crippen LogP contribution is 2.30. The Morgan fingerprint density at radius 2 is 1.58 bits per heavy atom. The van der Waals surface area contributed by atoms with E-state index in [-0.39, 0.29) is 18.4 Å². The summed E-state index contributed by atoms with van der Waals surface area (Å²) < 4.78 is 51.4. The van der Waals surface area contributed by atoms with E-state index in [0.717, 1.165) is 17.2 Å². The molecule has 0 aromatic heterocycles. The smallest absolute Gasteiger partial charge is 0.307 e. The van der Waals surface area contributed by atoms with Gasteiger partial charge >= 0.3 is 6.18 Å². The van der Waals surface area contributed by atoms with Crippen LogP contribution in [0.2, 0.25) is 0 Å². The second-order valence-electron chi connectivity index (χ2n) is 6.03. The minimum absolute atomic E-state index is 0.124. The Morgan fingerprint density at radius 1 is 1.00 bits per heavy atom. The van der Waals surface area contributed by atoms with E-state index in [2.05, 4.69) is 10.3 Å². The lowest BCUT2D eigenvalue weighted by Crippen LogP contribution is -2.22. The molecule has 2 nitrogen and oxygen atoms in total. The third-order valence-electron chi connectivity index (χ3n) is 4.25. The monoisotopic (exact) mass is 362 g/mol. The Morgan fingerprint density at radius 3 is 2.08 bits per heavy atom. The average molecular weight is 362 g/mol. The van der Waals surface area contributed by atoms with Gasteiger partial charge in [0, 0.05) is 0 Å². The molecule has 0 aliphatic carbocycles. The molecule has 2 aromatic rings. The van der Waals surface area contributed by atoms with E-state index in [1.54, 1.807) is 24.3 Å². The molecule has 0 amide bonds. The van der Waals surface area contributed by atoms with Gasteiger partial charge in [-0.2, -0.15) is 13.2 Å². The van der Waals surface area contributed by atoms with Crippen molar-refractivity contribution < 1.29 is 17.6 Å². The molecule has 0 radical (unpaired) electrons. The molecular formula is C20H18F4N2. The Balaban J connectivity index is 1.84. The number of hydrogen-bond acceptors (Lipinski definition) is 2. The van der Waals surface area contributed by atoms with Gasteiger partial charge < -0.3 is 5.32 Å². The number of rotatable bonds is 5. The Kier molecular flexibility index (Phi) is 5.23. The number of alkyl halides is 3. The van der Waals surface area contributed by atoms with Crippen LogP contribution in [0.3, 0.4) is 0 Å². The molecule has 136 valence electrons. The first-order valence-corrected chi connectivity index (χ1v) is 8.30. The zero-order valence-electron chi connectivity index (χ0n) is 14.1. The molecule has 0 bridgehead atoms. The molecule has 1 heterocycles. The first-order valence-electron chi connectivity index (χ1n) is 8.30. The lowest BCUT2D eigenvalue weighted by Gasteiger charge is -2.19. The van der Waals surface area contributed by atoms with E-state index in [9.17, 15) is 17.6 Å². The van der Waals surface area contributed by atoms with Crippen LogP contribution in [0.15, 0.2) is 65.2 Å². The van der Waals surface area contributed by atoms with Crippen molar-refractivity contribution in [3.05, 3.63) is 82.7 Å². The van der Waals surface area contributed by atoms with Crippen molar-refractivity contribution >= 4 is 5.71 Å². The molecule has 0 saturated heterocycles. The number of aliphatic imine (C=N–C) groups is 1. The number of halogens is 4. The summed E-state index contributed by atoms with van der Waals surface area (Å²) in [4.78, 5) is 3.98. The Labute approximate surface area is 149 Å². The van der Waals surface area contributed by atoms with Crippen LogP contribution in [-0.2, 0) is 0 Å². The van der Waals surface area contributed by atoms with Crippen LogP contribution in [0, 0.1) is 5.82 Å². The molecule has 1 atom stereocenters. The highest BCUT2D eigenvalue weighted by Gasteiger charge is 2.35. The molecular weight excluding hydrogens is 344 g/mol. The molecule has 1 aliphatic rings. The van der Waals surface area contributed by atoms with Gasteiger partial charge in [0.05, 0.1) is 23.9 Å². The molecule has 6 heteroatoms. The largest absolute Gasteiger partial charge is 0.414 e. The zero-order valence-corrected chi connectivity index (χ0v) is 14.1. The zero-order chi connectivity index (χ0) is 18.7. The number of allylic oxidation sites excluding steroid dienone is 1. The van der Waals surface area contributed by atoms with Crippen molar-refractivity contribution in [1.82, 2.24) is 5.32 Å². The topological polar surface area (TPSA) is 24.4 Å². The van der Waals surface area contributed by atoms with E-state index in [1.807, 2.05) is 19.1 Å². The number of hydrogen-bond donors (Lipinski definition) is 1. The third kappa shape index (κ3) is 4.02. The summed E-state index contributed by atoms with van der Waals surface area (Å²) in [7, 11) is 0. The number of nitrogens with one attached hydrogen (secondary N) is 1. The maximum absolute atomic E-state index is 13.2. The van der Waals surface area contributed by atoms with Crippen LogP contribution in [0.25, 0.3) is 0 Å². The number of nitrogens with zero attached hydrogens (tertiary/aromatic N) is 1. The predicted octanol–water partition coefficient (Wildman–Crippen LogP) is 4.82. The third-order valence-corrected chi connectivity index (χ3v) is 4.25. The molecule has 0 spiro atoms. The summed E-state index contributed by atoms with van der Waals surface area (Å²) in [6.45, 7) is 2.35. The van der Waals surface area contributed by atoms with Gasteiger partial charge in [-0.3, -0.25) is 4.99 Å². The molecule has 1 N–H and O–H groups in total. The average Bonchev–Trinajstić information content (AvgIpc) is 3.11. The van der Waals surface area contributed by atoms with Gasteiger partial charge in [-0.25, -0.2) is 4.39 Å². The first-order chi connectivity index (χ1) is 12.4. The summed E-state index contributed by atoms with van der Waals surface area (Å²) in [6.07, 6.45) is -3.25. The minimum Gasteiger partial charge on any atom is -0.307 e. The van der Waals surface area contributed by atoms with E-state index >= 15 is 0 Å². The van der Waals surface area contributed by atoms with Crippen molar-refractivity contribution in [3.8, 4) is 0 Å². The van der Waals surface area contributed by atoms with E-state index in [0.29, 0.717) is 17.8 Å². The predicted molar refractivity (Wildman–Crippen MR) is 93.9 cm³/mol. The van der Waals surface area contributed by atoms with Crippen LogP contribution in [0.5, 0.6) is 0 Å². The summed E-state index contributed by atoms with van der Waals surface area (Å²) in [6, 6.07) is 13.4. The van der Waals surface area contributed by atoms with Crippen molar-refractivity contribution in [2.75, 3.05) is 13.1 Å². The van der Waals surface area contributed by atoms with Crippen molar-refractivity contribution in [1.29, 1.82) is 0 Å². The van der Waals surface area contributed by atoms with Gasteiger partial charge in [-0.05, 0) is 41.4 Å². The van der Waals surface area contributed by atoms with E-state index < -0.39 is 11.7 Å². The van der Waals surface area contributed by atoms with Crippen molar-refractivity contribution in [2.24, 2.45) is 4.99 Å². The lowest BCUT2D eigenvalue weighted by atomic mass is 9.96. The molecule has 0 saturated carbocycles. The quantitative estimate of drug-likeness (QED) is 0.758. The summed E-state index contributed by atoms with van der Waals surface area (Å²) >= 11 is 0. The standard InChI is InChI=1S/C20H18F4N2/c1-2-25-19(15-7-9-17(21)10-8-15)14-5-3-13(4-6-14)18-11-16(12-26-18)20(22,23)24/h3-11,19,25H,2,12H2,1H3. The molecule has 3 rings (SSSR count). The van der Waals surface area contributed by atoms with Gasteiger partial charge in [-0.1, -0.05) is 43.3 Å². The Hall–Kier alpha value is -2.47. The van der Waals surface area contributed by atoms with Gasteiger partial charge in [0.2, 0.25) is 0 Å². The van der Waals surface area contributed by atoms with Gasteiger partial charge in [0.1, 0.15) is 5.82 Å². The fourth-order valence-electron chi connectivity index (χ4n) is 2.91. The normalized spacial score (nSPS) is 15.6. The van der Waals surface area contributed by atoms with Crippen LogP contribution in [0.1, 0.15) is 29.7 Å². The summed E-state index contributed by atoms with van der Waals surface area (Å²) in [5.74, 6) is -0.300. The minimum atomic E-state index is -4.34. The SMILES string of the molecule is CCNC(c1ccc(F)cc1)c1ccc(C2=NCC(C(F)(F)F)=C2)cc1. The number of benzene rings is 2. The van der Waals surface area contributed by atoms with Gasteiger partial charge in [0.25, 0.3) is 0 Å². The molecule has 1 aliphatic heterocycles. The van der Waals surface area contributed by atoms with E-state index in [4.69, 9.17) is 0 Å². The van der Waals surface area contributed by atoms with E-state index in [1.165, 1.54) is 12.1 Å². The maximum atomic E-state index is 13.2. The second kappa shape index (κ2) is 7.41. The van der Waals surface area contributed by atoms with Crippen molar-refractivity contribution in [3.63, 3.8) is 0 Å². The molecule has 1 unspecified atom stereocenters. The van der Waals surface area contributed by atoms with Crippen LogP contribution < -0.4 is 5.32 Å². The van der Waals surface area contributed by atoms with Gasteiger partial charge in [0.15, 0.2) is 0 Å². The Bertz CT molecular complexity index is 818. The molecule has 26 heavy (non-hydrogen) atoms. The first kappa shape index (κ1) is 18.3. The maximum Gasteiger partial charge on any atom is 0.414 e. The second-order valence-corrected chi connectivity index (χ2v) is 6.03. The summed E-state index contributed by atoms with van der Waals surface area (Å²) in [5.41, 5.74) is 2.21. The lowest BCUT2D eigenvalue weighted by molar-refractivity contribution is -0.0916. The van der Waals surface area contributed by atoms with Crippen LogP contribution >= 0.6 is 0 Å². The molecule has 2 aromatic carbocycles. The molecule has 0 fully saturated rings. The summed E-state index contributed by atoms with van der Waals surface area (Å²) in [5, 5.41) is 3.34. The fraction of sp³-hybridized carbons (Fsp3) is 0.250. The van der Waals surface area contributed by atoms with Crippen LogP contribution in [-0.4, -0.2) is 25.0 Å². The highest BCUT2D eigenvalue weighted by atomic mass is 19.4. The van der Waals surface area contributed by atoms with Crippen LogP contribution in [0.4, 0.5) is 17.6 Å². The van der Waals surface area contributed by atoms with Crippen molar-refractivity contribution in [2.45, 2.75) is 19.1 Å². The fourth-order valence-corrected chi connectivity index (χ4v) is 2.91.